The molecule has 0 spiro atoms. The molecule has 0 radical (unpaired) electrons. The Morgan fingerprint density at radius 1 is 1.17 bits per heavy atom. The average molecular weight is 337 g/mol. The number of halogens is 1. The van der Waals surface area contributed by atoms with Crippen LogP contribution in [-0.4, -0.2) is 24.1 Å². The van der Waals surface area contributed by atoms with Crippen molar-refractivity contribution in [2.45, 2.75) is 26.7 Å². The number of anilines is 1. The molecule has 0 N–H and O–H groups in total. The summed E-state index contributed by atoms with van der Waals surface area (Å²) in [5.41, 5.74) is 3.56. The first-order valence-electron chi connectivity index (χ1n) is 7.19. The first-order chi connectivity index (χ1) is 10.9. The molecule has 1 heterocycles. The topological polar surface area (TPSA) is 47.5 Å². The number of rotatable bonds is 6. The maximum atomic E-state index is 13.2. The fourth-order valence-corrected chi connectivity index (χ4v) is 2.52. The lowest BCUT2D eigenvalue weighted by molar-refractivity contribution is -0.160. The van der Waals surface area contributed by atoms with E-state index >= 15 is 0 Å². The molecule has 2 rings (SSSR count). The van der Waals surface area contributed by atoms with Crippen LogP contribution >= 0.6 is 12.2 Å². The van der Waals surface area contributed by atoms with E-state index in [-0.39, 0.29) is 11.7 Å². The summed E-state index contributed by atoms with van der Waals surface area (Å²) >= 11 is 0.988. The third-order valence-corrected chi connectivity index (χ3v) is 3.91. The van der Waals surface area contributed by atoms with Crippen molar-refractivity contribution in [2.24, 2.45) is 0 Å². The lowest BCUT2D eigenvalue weighted by Crippen LogP contribution is -2.14. The Morgan fingerprint density at radius 2 is 1.83 bits per heavy atom. The van der Waals surface area contributed by atoms with Gasteiger partial charge in [0, 0.05) is 12.6 Å². The molecule has 0 bridgehead atoms. The molecule has 0 saturated heterocycles. The molecular weight excluding hydrogens is 317 g/mol. The highest BCUT2D eigenvalue weighted by atomic mass is 32.2. The van der Waals surface area contributed by atoms with Crippen LogP contribution in [0, 0.1) is 12.7 Å². The van der Waals surface area contributed by atoms with E-state index in [9.17, 15) is 4.39 Å². The minimum atomic E-state index is -0.272. The second kappa shape index (κ2) is 7.72. The number of benzene rings is 1. The van der Waals surface area contributed by atoms with E-state index in [2.05, 4.69) is 28.7 Å². The van der Waals surface area contributed by atoms with Crippen LogP contribution in [0.1, 0.15) is 31.0 Å². The zero-order valence-electron chi connectivity index (χ0n) is 13.8. The van der Waals surface area contributed by atoms with Gasteiger partial charge in [0.1, 0.15) is 5.82 Å². The highest BCUT2D eigenvalue weighted by Gasteiger charge is 2.17. The van der Waals surface area contributed by atoms with Gasteiger partial charge in [-0.3, -0.25) is 4.31 Å². The maximum absolute atomic E-state index is 13.2. The van der Waals surface area contributed by atoms with Crippen LogP contribution in [0.5, 0.6) is 0 Å². The van der Waals surface area contributed by atoms with Crippen molar-refractivity contribution in [1.29, 1.82) is 0 Å². The van der Waals surface area contributed by atoms with Crippen LogP contribution < -0.4 is 4.31 Å². The van der Waals surface area contributed by atoms with E-state index in [1.165, 1.54) is 19.2 Å². The molecule has 0 amide bonds. The average Bonchev–Trinajstić information content (AvgIpc) is 2.53. The molecule has 124 valence electrons. The monoisotopic (exact) mass is 337 g/mol. The fourth-order valence-electron chi connectivity index (χ4n) is 2.22. The predicted octanol–water partition coefficient (Wildman–Crippen LogP) is 4.29. The lowest BCUT2D eigenvalue weighted by atomic mass is 10.00. The minimum Gasteiger partial charge on any atom is -0.262 e. The van der Waals surface area contributed by atoms with Crippen molar-refractivity contribution in [3.8, 4) is 11.3 Å². The van der Waals surface area contributed by atoms with Gasteiger partial charge in [0.15, 0.2) is 12.2 Å². The molecule has 2 aromatic rings. The molecule has 7 heteroatoms. The summed E-state index contributed by atoms with van der Waals surface area (Å²) in [4.78, 5) is 13.8. The SMILES string of the molecule is COOSN(C)c1nc(-c2ccc(F)cc2)c(C)c(C(C)C)n1. The molecular formula is C16H20FN3O2S. The van der Waals surface area contributed by atoms with E-state index in [1.807, 2.05) is 6.92 Å². The van der Waals surface area contributed by atoms with E-state index < -0.39 is 0 Å². The quantitative estimate of drug-likeness (QED) is 0.339. The van der Waals surface area contributed by atoms with Gasteiger partial charge < -0.3 is 0 Å². The molecule has 0 aliphatic carbocycles. The van der Waals surface area contributed by atoms with Crippen molar-refractivity contribution in [3.63, 3.8) is 0 Å². The molecule has 0 atom stereocenters. The second-order valence-electron chi connectivity index (χ2n) is 5.35. The van der Waals surface area contributed by atoms with Crippen LogP contribution in [0.4, 0.5) is 10.3 Å². The van der Waals surface area contributed by atoms with Gasteiger partial charge in [0.05, 0.1) is 18.5 Å². The first kappa shape index (κ1) is 17.7. The number of hydrogen-bond acceptors (Lipinski definition) is 6. The van der Waals surface area contributed by atoms with E-state index in [4.69, 9.17) is 4.33 Å². The van der Waals surface area contributed by atoms with Gasteiger partial charge >= 0.3 is 0 Å². The van der Waals surface area contributed by atoms with Gasteiger partial charge in [-0.15, -0.1) is 4.33 Å². The number of aromatic nitrogens is 2. The molecule has 0 aliphatic heterocycles. The van der Waals surface area contributed by atoms with Gasteiger partial charge in [-0.05, 0) is 42.7 Å². The van der Waals surface area contributed by atoms with Crippen LogP contribution in [0.3, 0.4) is 0 Å². The highest BCUT2D eigenvalue weighted by Crippen LogP contribution is 2.30. The Kier molecular flexibility index (Phi) is 5.92. The van der Waals surface area contributed by atoms with E-state index in [0.717, 1.165) is 34.7 Å². The molecule has 0 aliphatic rings. The van der Waals surface area contributed by atoms with Crippen molar-refractivity contribution < 1.29 is 13.6 Å². The Bertz CT molecular complexity index is 665. The van der Waals surface area contributed by atoms with Gasteiger partial charge in [0.25, 0.3) is 0 Å². The summed E-state index contributed by atoms with van der Waals surface area (Å²) in [5, 5.41) is 0. The molecule has 0 saturated carbocycles. The predicted molar refractivity (Wildman–Crippen MR) is 90.3 cm³/mol. The lowest BCUT2D eigenvalue weighted by Gasteiger charge is -2.19. The van der Waals surface area contributed by atoms with Crippen molar-refractivity contribution in [1.82, 2.24) is 9.97 Å². The van der Waals surface area contributed by atoms with Crippen LogP contribution in [-0.2, 0) is 9.22 Å². The molecule has 1 aromatic carbocycles. The van der Waals surface area contributed by atoms with Crippen molar-refractivity contribution in [2.75, 3.05) is 18.5 Å². The third kappa shape index (κ3) is 4.19. The van der Waals surface area contributed by atoms with Crippen LogP contribution in [0.15, 0.2) is 24.3 Å². The molecule has 1 aromatic heterocycles. The summed E-state index contributed by atoms with van der Waals surface area (Å²) in [7, 11) is 3.22. The zero-order valence-corrected chi connectivity index (χ0v) is 14.6. The smallest absolute Gasteiger partial charge is 0.237 e. The summed E-state index contributed by atoms with van der Waals surface area (Å²) in [6.07, 6.45) is 0. The van der Waals surface area contributed by atoms with Gasteiger partial charge in [0.2, 0.25) is 5.95 Å². The summed E-state index contributed by atoms with van der Waals surface area (Å²) in [6, 6.07) is 6.30. The number of hydrogen-bond donors (Lipinski definition) is 0. The van der Waals surface area contributed by atoms with E-state index in [0.29, 0.717) is 5.95 Å². The van der Waals surface area contributed by atoms with Gasteiger partial charge in [-0.1, -0.05) is 13.8 Å². The summed E-state index contributed by atoms with van der Waals surface area (Å²) in [6.45, 7) is 6.13. The second-order valence-corrected chi connectivity index (χ2v) is 6.18. The highest BCUT2D eigenvalue weighted by molar-refractivity contribution is 7.95. The first-order valence-corrected chi connectivity index (χ1v) is 7.89. The molecule has 0 unspecified atom stereocenters. The zero-order chi connectivity index (χ0) is 17.0. The molecule has 23 heavy (non-hydrogen) atoms. The van der Waals surface area contributed by atoms with Crippen LogP contribution in [0.2, 0.25) is 0 Å². The molecule has 5 nitrogen and oxygen atoms in total. The Labute approximate surface area is 140 Å². The third-order valence-electron chi connectivity index (χ3n) is 3.33. The Morgan fingerprint density at radius 3 is 2.39 bits per heavy atom. The number of nitrogens with zero attached hydrogens (tertiary/aromatic N) is 3. The van der Waals surface area contributed by atoms with Crippen molar-refractivity contribution >= 4 is 18.2 Å². The maximum Gasteiger partial charge on any atom is 0.237 e. The Hall–Kier alpha value is -1.70. The van der Waals surface area contributed by atoms with Crippen molar-refractivity contribution in [3.05, 3.63) is 41.3 Å². The Balaban J connectivity index is 2.51. The van der Waals surface area contributed by atoms with E-state index in [1.54, 1.807) is 23.5 Å². The minimum absolute atomic E-state index is 0.234. The van der Waals surface area contributed by atoms with Crippen LogP contribution in [0.25, 0.3) is 11.3 Å². The summed E-state index contributed by atoms with van der Waals surface area (Å²) in [5.74, 6) is 0.462. The standard InChI is InChI=1S/C16H20FN3O2S/c1-10(2)14-11(3)15(12-6-8-13(17)9-7-12)19-16(18-14)20(4)23-22-21-5/h6-10H,1-5H3. The fraction of sp³-hybridized carbons (Fsp3) is 0.375. The summed E-state index contributed by atoms with van der Waals surface area (Å²) < 4.78 is 19.7. The van der Waals surface area contributed by atoms with Gasteiger partial charge in [-0.25, -0.2) is 19.2 Å². The molecule has 0 fully saturated rings. The largest absolute Gasteiger partial charge is 0.262 e. The normalized spacial score (nSPS) is 11.1. The van der Waals surface area contributed by atoms with Gasteiger partial charge in [-0.2, -0.15) is 0 Å².